The first kappa shape index (κ1) is 13.9. The van der Waals surface area contributed by atoms with Crippen LogP contribution in [0, 0.1) is 0 Å². The standard InChI is InChI=1S/C10H23NO2S/c1-5-7-10(8-6-2,9-11-3)14(4,12)13/h11H,5-9H2,1-4H3. The molecule has 0 rings (SSSR count). The molecule has 0 atom stereocenters. The van der Waals surface area contributed by atoms with Gasteiger partial charge in [-0.3, -0.25) is 0 Å². The Kier molecular flexibility index (Phi) is 5.67. The van der Waals surface area contributed by atoms with Crippen molar-refractivity contribution in [3.05, 3.63) is 0 Å². The molecule has 0 aromatic carbocycles. The second-order valence-electron chi connectivity index (χ2n) is 3.99. The summed E-state index contributed by atoms with van der Waals surface area (Å²) in [6, 6.07) is 0. The van der Waals surface area contributed by atoms with E-state index in [9.17, 15) is 8.42 Å². The molecule has 0 bridgehead atoms. The van der Waals surface area contributed by atoms with Gasteiger partial charge in [-0.25, -0.2) is 8.42 Å². The lowest BCUT2D eigenvalue weighted by Gasteiger charge is -2.31. The van der Waals surface area contributed by atoms with E-state index in [0.29, 0.717) is 6.54 Å². The van der Waals surface area contributed by atoms with Gasteiger partial charge in [0, 0.05) is 12.8 Å². The van der Waals surface area contributed by atoms with E-state index in [4.69, 9.17) is 0 Å². The van der Waals surface area contributed by atoms with Gasteiger partial charge < -0.3 is 5.32 Å². The van der Waals surface area contributed by atoms with E-state index in [2.05, 4.69) is 5.32 Å². The summed E-state index contributed by atoms with van der Waals surface area (Å²) >= 11 is 0. The van der Waals surface area contributed by atoms with Crippen LogP contribution in [0.25, 0.3) is 0 Å². The molecule has 0 saturated heterocycles. The van der Waals surface area contributed by atoms with Crippen molar-refractivity contribution in [1.82, 2.24) is 5.32 Å². The Morgan fingerprint density at radius 1 is 1.14 bits per heavy atom. The summed E-state index contributed by atoms with van der Waals surface area (Å²) in [5.41, 5.74) is 0. The average molecular weight is 221 g/mol. The van der Waals surface area contributed by atoms with Crippen LogP contribution in [0.3, 0.4) is 0 Å². The van der Waals surface area contributed by atoms with Crippen LogP contribution in [0.4, 0.5) is 0 Å². The second kappa shape index (κ2) is 5.71. The van der Waals surface area contributed by atoms with Gasteiger partial charge in [0.05, 0.1) is 4.75 Å². The molecule has 0 heterocycles. The molecule has 0 radical (unpaired) electrons. The number of hydrogen-bond acceptors (Lipinski definition) is 3. The average Bonchev–Trinajstić information content (AvgIpc) is 2.03. The SMILES string of the molecule is CCCC(CCC)(CNC)S(C)(=O)=O. The van der Waals surface area contributed by atoms with Gasteiger partial charge in [0.25, 0.3) is 0 Å². The van der Waals surface area contributed by atoms with Crippen molar-refractivity contribution >= 4 is 9.84 Å². The Hall–Kier alpha value is -0.0900. The molecule has 0 fully saturated rings. The third-order valence-corrected chi connectivity index (χ3v) is 4.82. The molecule has 0 aromatic rings. The van der Waals surface area contributed by atoms with Gasteiger partial charge in [-0.15, -0.1) is 0 Å². The monoisotopic (exact) mass is 221 g/mol. The van der Waals surface area contributed by atoms with E-state index in [1.807, 2.05) is 20.9 Å². The maximum atomic E-state index is 11.8. The minimum atomic E-state index is -2.98. The second-order valence-corrected chi connectivity index (χ2v) is 6.40. The summed E-state index contributed by atoms with van der Waals surface area (Å²) in [7, 11) is -1.16. The predicted molar refractivity (Wildman–Crippen MR) is 61.3 cm³/mol. The first-order chi connectivity index (χ1) is 6.43. The molecule has 0 unspecified atom stereocenters. The Morgan fingerprint density at radius 3 is 1.79 bits per heavy atom. The molecule has 0 aliphatic carbocycles. The van der Waals surface area contributed by atoms with E-state index >= 15 is 0 Å². The highest BCUT2D eigenvalue weighted by molar-refractivity contribution is 7.92. The smallest absolute Gasteiger partial charge is 0.154 e. The molecule has 0 saturated carbocycles. The van der Waals surface area contributed by atoms with Crippen LogP contribution < -0.4 is 5.32 Å². The molecule has 86 valence electrons. The van der Waals surface area contributed by atoms with Crippen molar-refractivity contribution in [1.29, 1.82) is 0 Å². The largest absolute Gasteiger partial charge is 0.318 e. The predicted octanol–water partition coefficient (Wildman–Crippen LogP) is 1.59. The molecular formula is C10H23NO2S. The number of nitrogens with one attached hydrogen (secondary N) is 1. The normalized spacial score (nSPS) is 13.1. The molecule has 0 aliphatic heterocycles. The van der Waals surface area contributed by atoms with Gasteiger partial charge in [-0.1, -0.05) is 26.7 Å². The number of sulfone groups is 1. The summed E-state index contributed by atoms with van der Waals surface area (Å²) in [6.07, 6.45) is 4.68. The van der Waals surface area contributed by atoms with Crippen LogP contribution in [0.1, 0.15) is 39.5 Å². The van der Waals surface area contributed by atoms with Gasteiger partial charge >= 0.3 is 0 Å². The highest BCUT2D eigenvalue weighted by atomic mass is 32.2. The number of hydrogen-bond donors (Lipinski definition) is 1. The van der Waals surface area contributed by atoms with Crippen molar-refractivity contribution in [3.63, 3.8) is 0 Å². The Bertz CT molecular complexity index is 230. The van der Waals surface area contributed by atoms with Gasteiger partial charge in [0.15, 0.2) is 9.84 Å². The summed E-state index contributed by atoms with van der Waals surface area (Å²) in [4.78, 5) is 0. The zero-order valence-electron chi connectivity index (χ0n) is 9.76. The zero-order valence-corrected chi connectivity index (χ0v) is 10.6. The zero-order chi connectivity index (χ0) is 11.2. The first-order valence-electron chi connectivity index (χ1n) is 5.27. The first-order valence-corrected chi connectivity index (χ1v) is 7.17. The van der Waals surface area contributed by atoms with E-state index in [0.717, 1.165) is 25.7 Å². The molecule has 14 heavy (non-hydrogen) atoms. The van der Waals surface area contributed by atoms with Crippen molar-refractivity contribution in [2.75, 3.05) is 19.8 Å². The lowest BCUT2D eigenvalue weighted by molar-refractivity contribution is 0.431. The fourth-order valence-corrected chi connectivity index (χ4v) is 3.59. The third kappa shape index (κ3) is 3.24. The molecule has 0 aliphatic rings. The third-order valence-electron chi connectivity index (χ3n) is 2.70. The van der Waals surface area contributed by atoms with Gasteiger partial charge in [-0.05, 0) is 19.9 Å². The maximum Gasteiger partial charge on any atom is 0.154 e. The number of rotatable bonds is 7. The van der Waals surface area contributed by atoms with Crippen LogP contribution in [0.15, 0.2) is 0 Å². The summed E-state index contributed by atoms with van der Waals surface area (Å²) in [6.45, 7) is 4.63. The van der Waals surface area contributed by atoms with E-state index in [1.165, 1.54) is 6.26 Å². The van der Waals surface area contributed by atoms with Crippen molar-refractivity contribution in [3.8, 4) is 0 Å². The summed E-state index contributed by atoms with van der Waals surface area (Å²) < 4.78 is 23.0. The Balaban J connectivity index is 4.93. The molecule has 4 heteroatoms. The van der Waals surface area contributed by atoms with Crippen LogP contribution in [-0.2, 0) is 9.84 Å². The van der Waals surface area contributed by atoms with Gasteiger partial charge in [0.1, 0.15) is 0 Å². The minimum absolute atomic E-state index is 0.550. The molecular weight excluding hydrogens is 198 g/mol. The van der Waals surface area contributed by atoms with Crippen LogP contribution in [-0.4, -0.2) is 33.0 Å². The Labute approximate surface area is 88.2 Å². The van der Waals surface area contributed by atoms with Gasteiger partial charge in [0.2, 0.25) is 0 Å². The van der Waals surface area contributed by atoms with Crippen molar-refractivity contribution < 1.29 is 8.42 Å². The highest BCUT2D eigenvalue weighted by Gasteiger charge is 2.38. The summed E-state index contributed by atoms with van der Waals surface area (Å²) in [5.74, 6) is 0. The van der Waals surface area contributed by atoms with E-state index in [1.54, 1.807) is 0 Å². The topological polar surface area (TPSA) is 46.2 Å². The molecule has 1 N–H and O–H groups in total. The Morgan fingerprint density at radius 2 is 1.57 bits per heavy atom. The quantitative estimate of drug-likeness (QED) is 0.710. The molecule has 0 spiro atoms. The van der Waals surface area contributed by atoms with Crippen molar-refractivity contribution in [2.24, 2.45) is 0 Å². The molecule has 3 nitrogen and oxygen atoms in total. The van der Waals surface area contributed by atoms with Crippen LogP contribution >= 0.6 is 0 Å². The van der Waals surface area contributed by atoms with E-state index < -0.39 is 14.6 Å². The fraction of sp³-hybridized carbons (Fsp3) is 1.00. The highest BCUT2D eigenvalue weighted by Crippen LogP contribution is 2.27. The fourth-order valence-electron chi connectivity index (χ4n) is 2.04. The molecule has 0 aromatic heterocycles. The van der Waals surface area contributed by atoms with E-state index in [-0.39, 0.29) is 0 Å². The molecule has 0 amide bonds. The minimum Gasteiger partial charge on any atom is -0.318 e. The summed E-state index contributed by atoms with van der Waals surface area (Å²) in [5, 5.41) is 3.01. The van der Waals surface area contributed by atoms with Crippen molar-refractivity contribution in [2.45, 2.75) is 44.3 Å². The lowest BCUT2D eigenvalue weighted by atomic mass is 9.97. The van der Waals surface area contributed by atoms with Crippen LogP contribution in [0.2, 0.25) is 0 Å². The van der Waals surface area contributed by atoms with Crippen LogP contribution in [0.5, 0.6) is 0 Å². The lowest BCUT2D eigenvalue weighted by Crippen LogP contribution is -2.46. The van der Waals surface area contributed by atoms with Gasteiger partial charge in [-0.2, -0.15) is 0 Å². The maximum absolute atomic E-state index is 11.8.